The minimum absolute atomic E-state index is 0.0200. The third kappa shape index (κ3) is 4.77. The minimum atomic E-state index is -0.304. The molecule has 0 N–H and O–H groups in total. The molecule has 7 heterocycles. The van der Waals surface area contributed by atoms with Crippen LogP contribution >= 0.6 is 0 Å². The van der Waals surface area contributed by atoms with E-state index in [1.807, 2.05) is 0 Å². The first-order valence-electron chi connectivity index (χ1n) is 24.2. The summed E-state index contributed by atoms with van der Waals surface area (Å²) in [4.78, 5) is 0. The van der Waals surface area contributed by atoms with Crippen LogP contribution in [0.2, 0.25) is 0 Å². The third-order valence-electron chi connectivity index (χ3n) is 16.4. The first-order chi connectivity index (χ1) is 31.0. The molecule has 5 heteroatoms. The SMILES string of the molecule is CC(C)(C)c1ccc2c(c1)c1c3c4c(c5c6cc(C(C)(C)C)ccc6n2c15)C(C)(C)c1c2c(c5c6cc(C(C)(C)C)ccc6n6c7ccc(C(C)(C)C)cc7c1c56)[Se]c1cccc(c1B42)[Se]3. The van der Waals surface area contributed by atoms with Crippen molar-refractivity contribution < 1.29 is 0 Å². The van der Waals surface area contributed by atoms with Crippen LogP contribution in [-0.2, 0) is 27.1 Å². The van der Waals surface area contributed by atoms with E-state index in [0.717, 1.165) is 0 Å². The summed E-state index contributed by atoms with van der Waals surface area (Å²) in [5, 5.41) is 11.7. The van der Waals surface area contributed by atoms with Crippen molar-refractivity contribution in [1.29, 1.82) is 0 Å². The average Bonchev–Trinajstić information content (AvgIpc) is 3.96. The van der Waals surface area contributed by atoms with Gasteiger partial charge in [-0.25, -0.2) is 0 Å². The van der Waals surface area contributed by atoms with Crippen LogP contribution in [0.15, 0.2) is 91.0 Å². The van der Waals surface area contributed by atoms with Gasteiger partial charge in [0, 0.05) is 0 Å². The van der Waals surface area contributed by atoms with Crippen LogP contribution in [0.4, 0.5) is 0 Å². The zero-order chi connectivity index (χ0) is 45.8. The topological polar surface area (TPSA) is 8.82 Å². The molecule has 2 nitrogen and oxygen atoms in total. The van der Waals surface area contributed by atoms with Gasteiger partial charge in [0.15, 0.2) is 0 Å². The molecule has 0 aliphatic carbocycles. The molecule has 0 fully saturated rings. The molecule has 0 atom stereocenters. The first kappa shape index (κ1) is 40.3. The quantitative estimate of drug-likeness (QED) is 0.134. The third-order valence-corrected chi connectivity index (χ3v) is 21.5. The van der Waals surface area contributed by atoms with Gasteiger partial charge >= 0.3 is 404 Å². The number of hydrogen-bond acceptors (Lipinski definition) is 0. The van der Waals surface area contributed by atoms with E-state index in [-0.39, 0.29) is 63.7 Å². The van der Waals surface area contributed by atoms with E-state index in [1.165, 1.54) is 98.4 Å². The Morgan fingerprint density at radius 2 is 0.727 bits per heavy atom. The summed E-state index contributed by atoms with van der Waals surface area (Å²) in [6, 6.07) is 37.4. The Morgan fingerprint density at radius 3 is 1.05 bits per heavy atom. The molecule has 66 heavy (non-hydrogen) atoms. The molecule has 3 aliphatic heterocycles. The molecule has 0 unspecified atom stereocenters. The number of benzene rings is 7. The summed E-state index contributed by atoms with van der Waals surface area (Å²) in [5.41, 5.74) is 21.8. The fraction of sp³-hybridized carbons (Fsp3) is 0.311. The van der Waals surface area contributed by atoms with Crippen molar-refractivity contribution in [1.82, 2.24) is 8.80 Å². The molecule has 326 valence electrons. The molecule has 3 aliphatic rings. The van der Waals surface area contributed by atoms with Gasteiger partial charge in [-0.3, -0.25) is 0 Å². The Labute approximate surface area is 401 Å². The van der Waals surface area contributed by atoms with Crippen LogP contribution in [-0.4, -0.2) is 45.4 Å². The molecule has 0 spiro atoms. The number of aromatic nitrogens is 2. The summed E-state index contributed by atoms with van der Waals surface area (Å²) >= 11 is 0.279. The van der Waals surface area contributed by atoms with Gasteiger partial charge in [-0.05, 0) is 0 Å². The van der Waals surface area contributed by atoms with Crippen molar-refractivity contribution in [3.8, 4) is 0 Å². The van der Waals surface area contributed by atoms with Crippen molar-refractivity contribution in [2.75, 3.05) is 0 Å². The van der Waals surface area contributed by atoms with E-state index in [4.69, 9.17) is 0 Å². The predicted octanol–water partition coefficient (Wildman–Crippen LogP) is 10.3. The zero-order valence-corrected chi connectivity index (χ0v) is 44.4. The van der Waals surface area contributed by atoms with E-state index in [0.29, 0.717) is 0 Å². The second kappa shape index (κ2) is 12.1. The second-order valence-electron chi connectivity index (χ2n) is 25.0. The fourth-order valence-electron chi connectivity index (χ4n) is 13.1. The Hall–Kier alpha value is -4.76. The number of nitrogens with zero attached hydrogens (tertiary/aromatic N) is 2. The summed E-state index contributed by atoms with van der Waals surface area (Å²) in [6.45, 7) is 34.0. The zero-order valence-electron chi connectivity index (χ0n) is 40.9. The molecule has 0 saturated carbocycles. The molecular formula is C61H57BN2Se2. The van der Waals surface area contributed by atoms with Crippen molar-refractivity contribution in [2.24, 2.45) is 0 Å². The molecule has 0 radical (unpaired) electrons. The van der Waals surface area contributed by atoms with Gasteiger partial charge in [-0.1, -0.05) is 0 Å². The van der Waals surface area contributed by atoms with E-state index < -0.39 is 0 Å². The fourth-order valence-corrected chi connectivity index (χ4v) is 19.1. The second-order valence-corrected chi connectivity index (χ2v) is 29.4. The summed E-state index contributed by atoms with van der Waals surface area (Å²) in [7, 11) is 0. The van der Waals surface area contributed by atoms with Crippen LogP contribution in [0, 0.1) is 0 Å². The number of hydrogen-bond donors (Lipinski definition) is 0. The van der Waals surface area contributed by atoms with Gasteiger partial charge in [-0.2, -0.15) is 0 Å². The number of fused-ring (bicyclic) bond motifs is 16. The van der Waals surface area contributed by atoms with Crippen molar-refractivity contribution in [3.05, 3.63) is 124 Å². The van der Waals surface area contributed by atoms with Gasteiger partial charge in [0.25, 0.3) is 0 Å². The number of rotatable bonds is 0. The standard InChI is InChI=1S/C61H57BN2Se2/c1-57(2,3)30-18-22-38-34(26-30)44-48-51-55(46-36-28-32(59(7,8)9)20-24-40(36)63(38)53(44)46)65-42-16-15-17-43-50(42)62(51)52-49(61(48,13)14)45-35-27-31(58(4,5)6)19-23-39(35)64-41-25-21-33(60(10,11)12)29-37(41)47(54(45)64)56(52)66-43/h15-29H,1-14H3. The Balaban J connectivity index is 1.26. The monoisotopic (exact) mass is 988 g/mol. The van der Waals surface area contributed by atoms with Gasteiger partial charge in [0.05, 0.1) is 0 Å². The predicted molar refractivity (Wildman–Crippen MR) is 290 cm³/mol. The maximum absolute atomic E-state index is 2.70. The van der Waals surface area contributed by atoms with Crippen molar-refractivity contribution in [2.45, 2.75) is 124 Å². The Kier molecular flexibility index (Phi) is 7.39. The van der Waals surface area contributed by atoms with Gasteiger partial charge < -0.3 is 0 Å². The van der Waals surface area contributed by atoms with Crippen LogP contribution in [0.3, 0.4) is 0 Å². The molecule has 0 amide bonds. The van der Waals surface area contributed by atoms with Crippen LogP contribution in [0.25, 0.3) is 76.2 Å². The van der Waals surface area contributed by atoms with E-state index >= 15 is 0 Å². The van der Waals surface area contributed by atoms with Gasteiger partial charge in [0.1, 0.15) is 0 Å². The first-order valence-corrected chi connectivity index (χ1v) is 27.6. The Morgan fingerprint density at radius 1 is 0.409 bits per heavy atom. The molecule has 0 saturated heterocycles. The van der Waals surface area contributed by atoms with Gasteiger partial charge in [0.2, 0.25) is 0 Å². The van der Waals surface area contributed by atoms with E-state index in [1.54, 1.807) is 45.4 Å². The summed E-state index contributed by atoms with van der Waals surface area (Å²) in [6.07, 6.45) is 0. The van der Waals surface area contributed by atoms with Crippen LogP contribution in [0.5, 0.6) is 0 Å². The van der Waals surface area contributed by atoms with Crippen LogP contribution < -0.4 is 34.2 Å². The van der Waals surface area contributed by atoms with Crippen molar-refractivity contribution in [3.63, 3.8) is 0 Å². The van der Waals surface area contributed by atoms with E-state index in [9.17, 15) is 0 Å². The average molecular weight is 987 g/mol. The normalized spacial score (nSPS) is 16.0. The molecule has 4 aromatic heterocycles. The van der Waals surface area contributed by atoms with Crippen LogP contribution in [0.1, 0.15) is 130 Å². The summed E-state index contributed by atoms with van der Waals surface area (Å²) in [5.74, 6) is 0. The van der Waals surface area contributed by atoms with Gasteiger partial charge in [-0.15, -0.1) is 0 Å². The Bertz CT molecular complexity index is 3800. The molecule has 11 aromatic rings. The molecular weight excluding hydrogens is 929 g/mol. The van der Waals surface area contributed by atoms with E-state index in [2.05, 4.69) is 197 Å². The van der Waals surface area contributed by atoms with Crippen molar-refractivity contribution >= 4 is 147 Å². The summed E-state index contributed by atoms with van der Waals surface area (Å²) < 4.78 is 11.9. The molecule has 14 rings (SSSR count). The molecule has 0 bridgehead atoms. The maximum atomic E-state index is 2.70. The molecule has 7 aromatic carbocycles.